The second-order valence-electron chi connectivity index (χ2n) is 5.22. The van der Waals surface area contributed by atoms with Gasteiger partial charge in [-0.05, 0) is 42.5 Å². The molecular weight excluding hydrogens is 320 g/mol. The van der Waals surface area contributed by atoms with Gasteiger partial charge in [-0.2, -0.15) is 5.10 Å². The Morgan fingerprint density at radius 3 is 2.60 bits per heavy atom. The molecule has 7 heteroatoms. The van der Waals surface area contributed by atoms with Gasteiger partial charge in [0.25, 0.3) is 11.5 Å². The lowest BCUT2D eigenvalue weighted by Crippen LogP contribution is -2.26. The van der Waals surface area contributed by atoms with Crippen molar-refractivity contribution in [2.75, 3.05) is 12.4 Å². The highest BCUT2D eigenvalue weighted by molar-refractivity contribution is 6.02. The first-order chi connectivity index (χ1) is 12.2. The van der Waals surface area contributed by atoms with E-state index in [1.165, 1.54) is 16.8 Å². The van der Waals surface area contributed by atoms with Crippen molar-refractivity contribution in [3.05, 3.63) is 82.5 Å². The average molecular weight is 336 g/mol. The second kappa shape index (κ2) is 7.39. The lowest BCUT2D eigenvalue weighted by Gasteiger charge is -2.08. The molecule has 0 aliphatic rings. The molecule has 0 saturated carbocycles. The van der Waals surface area contributed by atoms with E-state index in [0.717, 1.165) is 0 Å². The first-order valence-electron chi connectivity index (χ1n) is 7.59. The molecule has 2 aromatic heterocycles. The number of methoxy groups -OCH3 is 1. The highest BCUT2D eigenvalue weighted by atomic mass is 16.5. The minimum atomic E-state index is -0.403. The van der Waals surface area contributed by atoms with Gasteiger partial charge in [-0.15, -0.1) is 0 Å². The zero-order chi connectivity index (χ0) is 17.6. The molecule has 0 saturated heterocycles. The molecule has 2 heterocycles. The molecule has 1 N–H and O–H groups in total. The maximum Gasteiger partial charge on any atom is 0.276 e. The van der Waals surface area contributed by atoms with Crippen molar-refractivity contribution in [2.24, 2.45) is 0 Å². The maximum absolute atomic E-state index is 12.3. The molecule has 0 unspecified atom stereocenters. The minimum Gasteiger partial charge on any atom is -0.497 e. The summed E-state index contributed by atoms with van der Waals surface area (Å²) >= 11 is 0. The Kier molecular flexibility index (Phi) is 4.84. The van der Waals surface area contributed by atoms with Gasteiger partial charge in [0.2, 0.25) is 0 Å². The number of hydrogen-bond acceptors (Lipinski definition) is 5. The number of rotatable bonds is 5. The third-order valence-electron chi connectivity index (χ3n) is 3.49. The number of nitrogens with one attached hydrogen (secondary N) is 1. The quantitative estimate of drug-likeness (QED) is 0.769. The number of aromatic nitrogens is 3. The number of nitrogens with zero attached hydrogens (tertiary/aromatic N) is 3. The van der Waals surface area contributed by atoms with Crippen LogP contribution in [-0.4, -0.2) is 27.8 Å². The summed E-state index contributed by atoms with van der Waals surface area (Å²) < 4.78 is 6.29. The van der Waals surface area contributed by atoms with E-state index in [4.69, 9.17) is 4.74 Å². The Balaban J connectivity index is 1.78. The van der Waals surface area contributed by atoms with Crippen molar-refractivity contribution >= 4 is 11.6 Å². The molecule has 0 spiro atoms. The third-order valence-corrected chi connectivity index (χ3v) is 3.49. The van der Waals surface area contributed by atoms with Crippen LogP contribution in [0, 0.1) is 0 Å². The largest absolute Gasteiger partial charge is 0.497 e. The van der Waals surface area contributed by atoms with Crippen LogP contribution in [0.4, 0.5) is 5.69 Å². The van der Waals surface area contributed by atoms with Crippen LogP contribution in [-0.2, 0) is 6.54 Å². The van der Waals surface area contributed by atoms with Gasteiger partial charge in [0.05, 0.1) is 19.3 Å². The van der Waals surface area contributed by atoms with Crippen LogP contribution in [0.3, 0.4) is 0 Å². The van der Waals surface area contributed by atoms with E-state index in [9.17, 15) is 9.59 Å². The van der Waals surface area contributed by atoms with Gasteiger partial charge >= 0.3 is 0 Å². The maximum atomic E-state index is 12.3. The Labute approximate surface area is 143 Å². The molecule has 3 rings (SSSR count). The Bertz CT molecular complexity index is 921. The summed E-state index contributed by atoms with van der Waals surface area (Å²) in [6, 6.07) is 15.1. The van der Waals surface area contributed by atoms with Crippen LogP contribution in [0.1, 0.15) is 16.2 Å². The molecular formula is C18H16N4O3. The molecule has 0 bridgehead atoms. The van der Waals surface area contributed by atoms with E-state index in [1.807, 2.05) is 6.07 Å². The highest BCUT2D eigenvalue weighted by Gasteiger charge is 2.11. The van der Waals surface area contributed by atoms with Crippen LogP contribution >= 0.6 is 0 Å². The van der Waals surface area contributed by atoms with Crippen LogP contribution < -0.4 is 15.6 Å². The SMILES string of the molecule is COc1ccc(NC(=O)c2ccc(=O)n(Cc3ccccn3)n2)cc1. The number of benzene rings is 1. The van der Waals surface area contributed by atoms with Gasteiger partial charge in [-0.1, -0.05) is 6.07 Å². The number of hydrogen-bond donors (Lipinski definition) is 1. The van der Waals surface area contributed by atoms with Crippen molar-refractivity contribution in [3.8, 4) is 5.75 Å². The molecule has 126 valence electrons. The standard InChI is InChI=1S/C18H16N4O3/c1-25-15-7-5-13(6-8-15)20-18(24)16-9-10-17(23)22(21-16)12-14-4-2-3-11-19-14/h2-11H,12H2,1H3,(H,20,24). The first kappa shape index (κ1) is 16.4. The monoisotopic (exact) mass is 336 g/mol. The van der Waals surface area contributed by atoms with Crippen LogP contribution in [0.25, 0.3) is 0 Å². The molecule has 0 fully saturated rings. The Hall–Kier alpha value is -3.48. The second-order valence-corrected chi connectivity index (χ2v) is 5.22. The molecule has 0 atom stereocenters. The predicted molar refractivity (Wildman–Crippen MR) is 92.8 cm³/mol. The molecule has 25 heavy (non-hydrogen) atoms. The summed E-state index contributed by atoms with van der Waals surface area (Å²) in [7, 11) is 1.57. The normalized spacial score (nSPS) is 10.3. The molecule has 3 aromatic rings. The Morgan fingerprint density at radius 1 is 1.12 bits per heavy atom. The van der Waals surface area contributed by atoms with E-state index < -0.39 is 5.91 Å². The van der Waals surface area contributed by atoms with Gasteiger partial charge in [0.1, 0.15) is 11.4 Å². The average Bonchev–Trinajstić information content (AvgIpc) is 2.65. The third kappa shape index (κ3) is 4.08. The van der Waals surface area contributed by atoms with Crippen molar-refractivity contribution < 1.29 is 9.53 Å². The van der Waals surface area contributed by atoms with Gasteiger partial charge < -0.3 is 10.1 Å². The topological polar surface area (TPSA) is 86.1 Å². The highest BCUT2D eigenvalue weighted by Crippen LogP contribution is 2.15. The smallest absolute Gasteiger partial charge is 0.276 e. The summed E-state index contributed by atoms with van der Waals surface area (Å²) in [5.74, 6) is 0.292. The lowest BCUT2D eigenvalue weighted by atomic mass is 10.3. The fraction of sp³-hybridized carbons (Fsp3) is 0.111. The van der Waals surface area contributed by atoms with Crippen LogP contribution in [0.2, 0.25) is 0 Å². The molecule has 1 amide bonds. The number of anilines is 1. The zero-order valence-corrected chi connectivity index (χ0v) is 13.5. The van der Waals surface area contributed by atoms with Gasteiger partial charge in [-0.3, -0.25) is 14.6 Å². The number of carbonyl (C=O) groups is 1. The predicted octanol–water partition coefficient (Wildman–Crippen LogP) is 1.95. The summed E-state index contributed by atoms with van der Waals surface area (Å²) in [5.41, 5.74) is 1.14. The van der Waals surface area contributed by atoms with Crippen molar-refractivity contribution in [3.63, 3.8) is 0 Å². The van der Waals surface area contributed by atoms with Crippen molar-refractivity contribution in [1.82, 2.24) is 14.8 Å². The molecule has 0 aliphatic heterocycles. The van der Waals surface area contributed by atoms with E-state index in [2.05, 4.69) is 15.4 Å². The summed E-state index contributed by atoms with van der Waals surface area (Å²) in [6.07, 6.45) is 1.64. The summed E-state index contributed by atoms with van der Waals surface area (Å²) in [6.45, 7) is 0.198. The van der Waals surface area contributed by atoms with Crippen molar-refractivity contribution in [2.45, 2.75) is 6.54 Å². The Morgan fingerprint density at radius 2 is 1.92 bits per heavy atom. The minimum absolute atomic E-state index is 0.145. The van der Waals surface area contributed by atoms with E-state index in [1.54, 1.807) is 49.7 Å². The van der Waals surface area contributed by atoms with Gasteiger partial charge in [0, 0.05) is 18.0 Å². The number of carbonyl (C=O) groups excluding carboxylic acids is 1. The number of ether oxygens (including phenoxy) is 1. The van der Waals surface area contributed by atoms with Crippen LogP contribution in [0.15, 0.2) is 65.6 Å². The number of pyridine rings is 1. The summed E-state index contributed by atoms with van der Waals surface area (Å²) in [5, 5.41) is 6.86. The van der Waals surface area contributed by atoms with Crippen LogP contribution in [0.5, 0.6) is 5.75 Å². The van der Waals surface area contributed by atoms with Gasteiger partial charge in [0.15, 0.2) is 0 Å². The summed E-state index contributed by atoms with van der Waals surface area (Å²) in [4.78, 5) is 28.5. The fourth-order valence-corrected chi connectivity index (χ4v) is 2.20. The van der Waals surface area contributed by atoms with E-state index in [0.29, 0.717) is 17.1 Å². The molecule has 7 nitrogen and oxygen atoms in total. The lowest BCUT2D eigenvalue weighted by molar-refractivity contribution is 0.102. The first-order valence-corrected chi connectivity index (χ1v) is 7.59. The molecule has 0 radical (unpaired) electrons. The van der Waals surface area contributed by atoms with Crippen molar-refractivity contribution in [1.29, 1.82) is 0 Å². The van der Waals surface area contributed by atoms with Gasteiger partial charge in [-0.25, -0.2) is 4.68 Å². The van der Waals surface area contributed by atoms with E-state index in [-0.39, 0.29) is 17.8 Å². The molecule has 0 aliphatic carbocycles. The molecule has 1 aromatic carbocycles. The number of amides is 1. The fourth-order valence-electron chi connectivity index (χ4n) is 2.20. The zero-order valence-electron chi connectivity index (χ0n) is 13.5. The van der Waals surface area contributed by atoms with E-state index >= 15 is 0 Å².